The highest BCUT2D eigenvalue weighted by Crippen LogP contribution is 2.45. The minimum Gasteiger partial charge on any atom is -0.388 e. The lowest BCUT2D eigenvalue weighted by atomic mass is 10.0. The number of carbonyl (C=O) groups is 2. The molecule has 8 nitrogen and oxygen atoms in total. The van der Waals surface area contributed by atoms with Crippen molar-refractivity contribution in [2.75, 3.05) is 16.8 Å². The first-order valence-corrected chi connectivity index (χ1v) is 11.7. The Hall–Kier alpha value is -2.87. The molecular weight excluding hydrogens is 541 g/mol. The fourth-order valence-corrected chi connectivity index (χ4v) is 5.16. The SMILES string of the molecule is [2H]C([2H])([2H])N(C(=O)C1C2OC(C)(C)OC2C(=O)N1c1cc(C(F)(F)F)c2c(n1)CCC2O)c1cc(Cl)c(F)cc1F. The smallest absolute Gasteiger partial charge is 0.388 e. The Kier molecular flexibility index (Phi) is 5.36. The number of pyridine rings is 1. The zero-order chi connectivity index (χ0) is 30.4. The van der Waals surface area contributed by atoms with E-state index in [0.717, 1.165) is 0 Å². The summed E-state index contributed by atoms with van der Waals surface area (Å²) in [6.45, 7) is -0.669. The molecular formula is C24H21ClF5N3O5. The van der Waals surface area contributed by atoms with Gasteiger partial charge in [0.2, 0.25) is 0 Å². The third-order valence-electron chi connectivity index (χ3n) is 6.57. The molecule has 1 aliphatic carbocycles. The van der Waals surface area contributed by atoms with Gasteiger partial charge >= 0.3 is 6.18 Å². The Balaban J connectivity index is 1.70. The number of aliphatic hydroxyl groups excluding tert-OH is 1. The summed E-state index contributed by atoms with van der Waals surface area (Å²) < 4.78 is 106. The predicted molar refractivity (Wildman–Crippen MR) is 122 cm³/mol. The van der Waals surface area contributed by atoms with Gasteiger partial charge < -0.3 is 19.5 Å². The number of anilines is 2. The van der Waals surface area contributed by atoms with Gasteiger partial charge in [0.05, 0.1) is 22.4 Å². The largest absolute Gasteiger partial charge is 0.416 e. The molecule has 0 spiro atoms. The number of aliphatic hydroxyl groups is 1. The molecule has 0 saturated carbocycles. The molecule has 5 rings (SSSR count). The van der Waals surface area contributed by atoms with Crippen LogP contribution in [-0.4, -0.2) is 52.9 Å². The van der Waals surface area contributed by atoms with Crippen LogP contribution in [0.5, 0.6) is 0 Å². The fraction of sp³-hybridized carbons (Fsp3) is 0.458. The van der Waals surface area contributed by atoms with Crippen molar-refractivity contribution in [2.24, 2.45) is 0 Å². The molecule has 1 aromatic heterocycles. The minimum atomic E-state index is -5.00. The number of hydrogen-bond acceptors (Lipinski definition) is 6. The van der Waals surface area contributed by atoms with Crippen LogP contribution >= 0.6 is 11.6 Å². The molecule has 1 N–H and O–H groups in total. The van der Waals surface area contributed by atoms with Gasteiger partial charge in [-0.2, -0.15) is 13.2 Å². The Bertz CT molecular complexity index is 1460. The molecule has 204 valence electrons. The van der Waals surface area contributed by atoms with Gasteiger partial charge in [0, 0.05) is 28.4 Å². The van der Waals surface area contributed by atoms with Crippen LogP contribution in [0.2, 0.25) is 5.02 Å². The molecule has 2 saturated heterocycles. The number of fused-ring (bicyclic) bond motifs is 2. The average Bonchev–Trinajstić information content (AvgIpc) is 3.44. The standard InChI is InChI=1S/C24H21ClF5N3O5/c1-23(2)37-19-18(21(35)32(3)14-7-10(25)11(26)8-12(14)27)33(22(36)20(19)38-23)16-6-9(24(28,29)30)17-13(31-16)4-5-15(17)34/h6-8,15,18-20,34H,4-5H2,1-3H3/i3D3. The minimum absolute atomic E-state index is 0.0442. The van der Waals surface area contributed by atoms with Crippen molar-refractivity contribution in [2.45, 2.75) is 63.0 Å². The van der Waals surface area contributed by atoms with Gasteiger partial charge in [-0.25, -0.2) is 13.8 Å². The number of alkyl halides is 3. The monoisotopic (exact) mass is 564 g/mol. The molecule has 2 aromatic rings. The van der Waals surface area contributed by atoms with Crippen molar-refractivity contribution in [1.29, 1.82) is 0 Å². The van der Waals surface area contributed by atoms with Crippen molar-refractivity contribution < 1.29 is 50.2 Å². The molecule has 2 fully saturated rings. The molecule has 4 unspecified atom stereocenters. The summed E-state index contributed by atoms with van der Waals surface area (Å²) in [5, 5.41) is 9.44. The van der Waals surface area contributed by atoms with Crippen LogP contribution in [0.3, 0.4) is 0 Å². The van der Waals surface area contributed by atoms with E-state index in [0.29, 0.717) is 17.0 Å². The molecule has 2 aliphatic heterocycles. The average molecular weight is 565 g/mol. The van der Waals surface area contributed by atoms with Crippen LogP contribution in [0.25, 0.3) is 0 Å². The second kappa shape index (κ2) is 8.83. The molecule has 4 atom stereocenters. The molecule has 1 aromatic carbocycles. The number of likely N-dealkylation sites (N-methyl/N-ethyl adjacent to an activating group) is 1. The number of hydrogen-bond donors (Lipinski definition) is 1. The summed E-state index contributed by atoms with van der Waals surface area (Å²) in [5.41, 5.74) is -2.93. The molecule has 3 aliphatic rings. The fourth-order valence-electron chi connectivity index (χ4n) is 5.00. The lowest BCUT2D eigenvalue weighted by molar-refractivity contribution is -0.161. The number of carbonyl (C=O) groups excluding carboxylic acids is 2. The van der Waals surface area contributed by atoms with Gasteiger partial charge in [-0.1, -0.05) is 11.6 Å². The van der Waals surface area contributed by atoms with Crippen molar-refractivity contribution >= 4 is 34.9 Å². The van der Waals surface area contributed by atoms with Gasteiger partial charge in [0.15, 0.2) is 11.9 Å². The van der Waals surface area contributed by atoms with E-state index in [1.54, 1.807) is 0 Å². The highest BCUT2D eigenvalue weighted by atomic mass is 35.5. The van der Waals surface area contributed by atoms with Crippen LogP contribution in [0, 0.1) is 11.6 Å². The van der Waals surface area contributed by atoms with Gasteiger partial charge in [-0.3, -0.25) is 14.5 Å². The van der Waals surface area contributed by atoms with Crippen LogP contribution in [0.15, 0.2) is 18.2 Å². The maximum absolute atomic E-state index is 14.9. The molecule has 2 amide bonds. The van der Waals surface area contributed by atoms with Gasteiger partial charge in [-0.15, -0.1) is 0 Å². The second-order valence-electron chi connectivity index (χ2n) is 9.51. The topological polar surface area (TPSA) is 92.2 Å². The zero-order valence-electron chi connectivity index (χ0n) is 22.6. The van der Waals surface area contributed by atoms with Crippen molar-refractivity contribution in [3.8, 4) is 0 Å². The molecule has 0 radical (unpaired) electrons. The van der Waals surface area contributed by atoms with E-state index < -0.39 is 94.4 Å². The normalized spacial score (nSPS) is 27.6. The van der Waals surface area contributed by atoms with Crippen molar-refractivity contribution in [3.05, 3.63) is 51.7 Å². The lowest BCUT2D eigenvalue weighted by Crippen LogP contribution is -2.51. The molecule has 14 heteroatoms. The van der Waals surface area contributed by atoms with Crippen molar-refractivity contribution in [3.63, 3.8) is 0 Å². The first-order chi connectivity index (χ1) is 18.8. The maximum Gasteiger partial charge on any atom is 0.416 e. The number of rotatable bonds is 3. The third-order valence-corrected chi connectivity index (χ3v) is 6.86. The lowest BCUT2D eigenvalue weighted by Gasteiger charge is -2.32. The summed E-state index contributed by atoms with van der Waals surface area (Å²) in [6.07, 6.45) is -9.77. The Morgan fingerprint density at radius 3 is 2.63 bits per heavy atom. The number of aromatic nitrogens is 1. The van der Waals surface area contributed by atoms with Crippen molar-refractivity contribution in [1.82, 2.24) is 4.98 Å². The van der Waals surface area contributed by atoms with E-state index in [9.17, 15) is 36.6 Å². The summed E-state index contributed by atoms with van der Waals surface area (Å²) in [7, 11) is 0. The van der Waals surface area contributed by atoms with E-state index >= 15 is 0 Å². The molecule has 0 bridgehead atoms. The number of amides is 2. The summed E-state index contributed by atoms with van der Waals surface area (Å²) >= 11 is 5.74. The van der Waals surface area contributed by atoms with E-state index in [4.69, 9.17) is 25.2 Å². The summed E-state index contributed by atoms with van der Waals surface area (Å²) in [5.74, 6) is -7.47. The highest BCUT2D eigenvalue weighted by molar-refractivity contribution is 6.31. The van der Waals surface area contributed by atoms with Gasteiger partial charge in [0.25, 0.3) is 11.8 Å². The maximum atomic E-state index is 14.9. The first-order valence-electron chi connectivity index (χ1n) is 12.8. The predicted octanol–water partition coefficient (Wildman–Crippen LogP) is 3.91. The Morgan fingerprint density at radius 1 is 1.26 bits per heavy atom. The van der Waals surface area contributed by atoms with Gasteiger partial charge in [0.1, 0.15) is 29.6 Å². The Morgan fingerprint density at radius 2 is 1.97 bits per heavy atom. The number of aryl methyl sites for hydroxylation is 1. The quantitative estimate of drug-likeness (QED) is 0.449. The molecule has 3 heterocycles. The van der Waals surface area contributed by atoms with Gasteiger partial charge in [-0.05, 0) is 38.8 Å². The van der Waals surface area contributed by atoms with E-state index in [1.807, 2.05) is 0 Å². The summed E-state index contributed by atoms with van der Waals surface area (Å²) in [4.78, 5) is 32.2. The number of benzene rings is 1. The van der Waals surface area contributed by atoms with Crippen LogP contribution in [-0.2, 0) is 31.7 Å². The second-order valence-corrected chi connectivity index (χ2v) is 9.91. The first kappa shape index (κ1) is 23.1. The van der Waals surface area contributed by atoms with E-state index in [1.165, 1.54) is 13.8 Å². The highest BCUT2D eigenvalue weighted by Gasteiger charge is 2.61. The van der Waals surface area contributed by atoms with Crippen LogP contribution in [0.4, 0.5) is 33.5 Å². The number of halogens is 6. The Labute approximate surface area is 222 Å². The number of nitrogens with zero attached hydrogens (tertiary/aromatic N) is 3. The summed E-state index contributed by atoms with van der Waals surface area (Å²) in [6, 6.07) is -0.740. The molecule has 38 heavy (non-hydrogen) atoms. The van der Waals surface area contributed by atoms with Crippen LogP contribution < -0.4 is 9.80 Å². The van der Waals surface area contributed by atoms with E-state index in [2.05, 4.69) is 4.98 Å². The zero-order valence-corrected chi connectivity index (χ0v) is 20.4. The third kappa shape index (κ3) is 4.21. The number of ether oxygens (including phenoxy) is 2. The van der Waals surface area contributed by atoms with E-state index in [-0.39, 0.29) is 29.5 Å². The van der Waals surface area contributed by atoms with Crippen LogP contribution in [0.1, 0.15) is 47.3 Å².